The van der Waals surface area contributed by atoms with Gasteiger partial charge in [0, 0.05) is 36.8 Å². The molecular formula is C25H22N6O4. The summed E-state index contributed by atoms with van der Waals surface area (Å²) in [5.41, 5.74) is 3.58. The van der Waals surface area contributed by atoms with Crippen LogP contribution in [0.3, 0.4) is 0 Å². The molecule has 0 aliphatic carbocycles. The first-order valence-corrected chi connectivity index (χ1v) is 10.7. The predicted molar refractivity (Wildman–Crippen MR) is 130 cm³/mol. The molecule has 0 saturated carbocycles. The zero-order valence-corrected chi connectivity index (χ0v) is 19.3. The minimum Gasteiger partial charge on any atom is -0.492 e. The molecule has 0 unspecified atom stereocenters. The van der Waals surface area contributed by atoms with E-state index in [4.69, 9.17) is 4.74 Å². The maximum atomic E-state index is 13.3. The Morgan fingerprint density at radius 3 is 2.66 bits per heavy atom. The number of nitrogens with zero attached hydrogens (tertiary/aromatic N) is 5. The third-order valence-corrected chi connectivity index (χ3v) is 5.30. The summed E-state index contributed by atoms with van der Waals surface area (Å²) in [6.07, 6.45) is 4.39. The Bertz CT molecular complexity index is 1440. The van der Waals surface area contributed by atoms with Gasteiger partial charge in [0.15, 0.2) is 0 Å². The minimum atomic E-state index is -0.608. The van der Waals surface area contributed by atoms with E-state index in [0.717, 1.165) is 11.3 Å². The van der Waals surface area contributed by atoms with Crippen molar-refractivity contribution in [3.63, 3.8) is 0 Å². The van der Waals surface area contributed by atoms with Crippen molar-refractivity contribution in [2.24, 2.45) is 0 Å². The van der Waals surface area contributed by atoms with Gasteiger partial charge in [-0.1, -0.05) is 0 Å². The van der Waals surface area contributed by atoms with Crippen molar-refractivity contribution in [1.29, 1.82) is 5.26 Å². The number of anilines is 2. The average Bonchev–Trinajstić information content (AvgIpc) is 3.31. The highest BCUT2D eigenvalue weighted by atomic mass is 16.5. The fourth-order valence-corrected chi connectivity index (χ4v) is 3.49. The second kappa shape index (κ2) is 9.93. The molecule has 0 aliphatic rings. The lowest BCUT2D eigenvalue weighted by Gasteiger charge is -2.19. The Hall–Kier alpha value is -4.91. The summed E-state index contributed by atoms with van der Waals surface area (Å²) >= 11 is 0. The summed E-state index contributed by atoms with van der Waals surface area (Å²) in [5, 5.41) is 11.8. The number of aromatic nitrogens is 3. The van der Waals surface area contributed by atoms with E-state index in [-0.39, 0.29) is 5.91 Å². The van der Waals surface area contributed by atoms with Crippen LogP contribution in [-0.2, 0) is 4.74 Å². The van der Waals surface area contributed by atoms with Crippen LogP contribution in [0.15, 0.2) is 61.1 Å². The number of amides is 2. The van der Waals surface area contributed by atoms with Crippen LogP contribution >= 0.6 is 0 Å². The maximum absolute atomic E-state index is 13.3. The summed E-state index contributed by atoms with van der Waals surface area (Å²) in [7, 11) is 2.94. The Kier molecular flexibility index (Phi) is 6.59. The number of hydrogen-bond acceptors (Lipinski definition) is 7. The van der Waals surface area contributed by atoms with Crippen LogP contribution in [-0.4, -0.2) is 47.1 Å². The number of nitrogens with one attached hydrogen (secondary N) is 1. The summed E-state index contributed by atoms with van der Waals surface area (Å²) in [4.78, 5) is 34.8. The molecule has 0 radical (unpaired) electrons. The third kappa shape index (κ3) is 4.74. The van der Waals surface area contributed by atoms with Gasteiger partial charge in [0.1, 0.15) is 23.3 Å². The monoisotopic (exact) mass is 470 g/mol. The molecule has 1 N–H and O–H groups in total. The number of rotatable bonds is 6. The number of carbonyl (C=O) groups is 2. The number of methoxy groups -OCH3 is 1. The van der Waals surface area contributed by atoms with Crippen LogP contribution in [0.1, 0.15) is 22.8 Å². The number of benzene rings is 1. The molecule has 0 aliphatic heterocycles. The van der Waals surface area contributed by atoms with Crippen molar-refractivity contribution < 1.29 is 19.1 Å². The molecule has 2 amide bonds. The van der Waals surface area contributed by atoms with Gasteiger partial charge in [0.25, 0.3) is 5.91 Å². The van der Waals surface area contributed by atoms with Gasteiger partial charge in [-0.15, -0.1) is 0 Å². The first-order valence-electron chi connectivity index (χ1n) is 10.7. The molecule has 0 bridgehead atoms. The third-order valence-electron chi connectivity index (χ3n) is 5.30. The fraction of sp³-hybridized carbons (Fsp3) is 0.160. The van der Waals surface area contributed by atoms with Crippen molar-refractivity contribution in [1.82, 2.24) is 14.4 Å². The number of nitriles is 1. The molecule has 4 aromatic rings. The van der Waals surface area contributed by atoms with Crippen LogP contribution in [0.25, 0.3) is 16.9 Å². The highest BCUT2D eigenvalue weighted by Gasteiger charge is 2.17. The standard InChI is InChI=1S/C25H22N6O4/c1-4-35-21-11-19(8-5-16(21)12-26)30(2)24(32)18-7-10-23-28-14-20(31(23)15-18)17-6-9-22(27-13-17)29-25(33)34-3/h5-11,13-15H,4H2,1-3H3,(H,27,29,33). The first-order chi connectivity index (χ1) is 16.9. The lowest BCUT2D eigenvalue weighted by Crippen LogP contribution is -2.26. The van der Waals surface area contributed by atoms with Crippen molar-refractivity contribution >= 4 is 29.2 Å². The van der Waals surface area contributed by atoms with Crippen molar-refractivity contribution in [2.45, 2.75) is 6.92 Å². The van der Waals surface area contributed by atoms with E-state index in [0.29, 0.717) is 40.6 Å². The molecule has 10 heteroatoms. The van der Waals surface area contributed by atoms with E-state index in [1.807, 2.05) is 6.92 Å². The Labute approximate surface area is 201 Å². The first kappa shape index (κ1) is 23.3. The van der Waals surface area contributed by atoms with Crippen LogP contribution in [0, 0.1) is 11.3 Å². The number of fused-ring (bicyclic) bond motifs is 1. The SMILES string of the molecule is CCOc1cc(N(C)C(=O)c2ccc3ncc(-c4ccc(NC(=O)OC)nc4)n3c2)ccc1C#N. The normalized spacial score (nSPS) is 10.5. The topological polar surface area (TPSA) is 122 Å². The molecule has 3 heterocycles. The van der Waals surface area contributed by atoms with Gasteiger partial charge < -0.3 is 14.4 Å². The number of hydrogen-bond donors (Lipinski definition) is 1. The highest BCUT2D eigenvalue weighted by Crippen LogP contribution is 2.27. The molecule has 0 saturated heterocycles. The molecule has 10 nitrogen and oxygen atoms in total. The lowest BCUT2D eigenvalue weighted by molar-refractivity contribution is 0.0992. The smallest absolute Gasteiger partial charge is 0.412 e. The molecule has 4 rings (SSSR count). The molecule has 0 spiro atoms. The van der Waals surface area contributed by atoms with Gasteiger partial charge in [-0.3, -0.25) is 14.5 Å². The van der Waals surface area contributed by atoms with E-state index in [2.05, 4.69) is 26.1 Å². The number of carbonyl (C=O) groups excluding carboxylic acids is 2. The molecule has 176 valence electrons. The minimum absolute atomic E-state index is 0.241. The summed E-state index contributed by atoms with van der Waals surface area (Å²) in [6, 6.07) is 14.0. The number of pyridine rings is 2. The number of ether oxygens (including phenoxy) is 2. The zero-order valence-electron chi connectivity index (χ0n) is 19.3. The van der Waals surface area contributed by atoms with E-state index >= 15 is 0 Å². The van der Waals surface area contributed by atoms with Crippen molar-refractivity contribution in [3.05, 3.63) is 72.2 Å². The van der Waals surface area contributed by atoms with Gasteiger partial charge in [0.05, 0.1) is 36.7 Å². The average molecular weight is 470 g/mol. The maximum Gasteiger partial charge on any atom is 0.412 e. The molecule has 0 fully saturated rings. The molecule has 0 atom stereocenters. The number of imidazole rings is 1. The van der Waals surface area contributed by atoms with E-state index in [1.54, 1.807) is 72.5 Å². The largest absolute Gasteiger partial charge is 0.492 e. The van der Waals surface area contributed by atoms with Gasteiger partial charge in [0.2, 0.25) is 0 Å². The van der Waals surface area contributed by atoms with Crippen LogP contribution < -0.4 is 15.0 Å². The fourth-order valence-electron chi connectivity index (χ4n) is 3.49. The van der Waals surface area contributed by atoms with Gasteiger partial charge in [-0.25, -0.2) is 14.8 Å². The summed E-state index contributed by atoms with van der Waals surface area (Å²) in [6.45, 7) is 2.24. The Morgan fingerprint density at radius 1 is 1.14 bits per heavy atom. The van der Waals surface area contributed by atoms with Crippen LogP contribution in [0.2, 0.25) is 0 Å². The zero-order chi connectivity index (χ0) is 24.9. The quantitative estimate of drug-likeness (QED) is 0.450. The molecule has 1 aromatic carbocycles. The Balaban J connectivity index is 1.63. The van der Waals surface area contributed by atoms with Crippen LogP contribution in [0.4, 0.5) is 16.3 Å². The van der Waals surface area contributed by atoms with E-state index in [1.165, 1.54) is 12.0 Å². The Morgan fingerprint density at radius 2 is 1.97 bits per heavy atom. The van der Waals surface area contributed by atoms with Crippen LogP contribution in [0.5, 0.6) is 5.75 Å². The second-order valence-corrected chi connectivity index (χ2v) is 7.43. The molecule has 3 aromatic heterocycles. The molecular weight excluding hydrogens is 448 g/mol. The van der Waals surface area contributed by atoms with E-state index < -0.39 is 6.09 Å². The molecule has 35 heavy (non-hydrogen) atoms. The second-order valence-electron chi connectivity index (χ2n) is 7.43. The lowest BCUT2D eigenvalue weighted by atomic mass is 10.1. The van der Waals surface area contributed by atoms with Crippen molar-refractivity contribution in [3.8, 4) is 23.1 Å². The predicted octanol–water partition coefficient (Wildman–Crippen LogP) is 4.12. The summed E-state index contributed by atoms with van der Waals surface area (Å²) in [5.74, 6) is 0.535. The van der Waals surface area contributed by atoms with E-state index in [9.17, 15) is 14.9 Å². The summed E-state index contributed by atoms with van der Waals surface area (Å²) < 4.78 is 11.9. The van der Waals surface area contributed by atoms with Gasteiger partial charge in [-0.05, 0) is 43.3 Å². The van der Waals surface area contributed by atoms with Gasteiger partial charge in [-0.2, -0.15) is 5.26 Å². The highest BCUT2D eigenvalue weighted by molar-refractivity contribution is 6.06. The van der Waals surface area contributed by atoms with Gasteiger partial charge >= 0.3 is 6.09 Å². The van der Waals surface area contributed by atoms with Crippen molar-refractivity contribution in [2.75, 3.05) is 31.0 Å².